The number of benzene rings is 3. The van der Waals surface area contributed by atoms with Gasteiger partial charge in [0.15, 0.2) is 12.1 Å². The van der Waals surface area contributed by atoms with E-state index in [0.29, 0.717) is 44.0 Å². The first-order chi connectivity index (χ1) is 20.3. The molecule has 0 saturated heterocycles. The molecule has 11 heteroatoms. The van der Waals surface area contributed by atoms with E-state index in [4.69, 9.17) is 44.3 Å². The Bertz CT molecular complexity index is 1520. The van der Waals surface area contributed by atoms with Gasteiger partial charge >= 0.3 is 6.03 Å². The zero-order valence-corrected chi connectivity index (χ0v) is 25.0. The first kappa shape index (κ1) is 31.2. The number of methoxy groups -OCH3 is 2. The molecule has 0 aliphatic rings. The van der Waals surface area contributed by atoms with Crippen LogP contribution in [0.15, 0.2) is 90.2 Å². The number of carbonyl (C=O) groups is 2. The molecule has 0 aliphatic carbocycles. The molecule has 0 aliphatic heterocycles. The summed E-state index contributed by atoms with van der Waals surface area (Å²) in [5.41, 5.74) is 3.66. The van der Waals surface area contributed by atoms with Crippen LogP contribution in [0.25, 0.3) is 0 Å². The molecule has 1 aromatic heterocycles. The number of anilines is 1. The van der Waals surface area contributed by atoms with E-state index in [2.05, 4.69) is 15.4 Å². The zero-order chi connectivity index (χ0) is 30.1. The number of halogens is 3. The number of hydrogen-bond donors (Lipinski definition) is 1. The molecule has 0 atom stereocenters. The first-order valence-corrected chi connectivity index (χ1v) is 13.9. The minimum atomic E-state index is -0.631. The quantitative estimate of drug-likeness (QED) is 0.0635. The Morgan fingerprint density at radius 3 is 2.17 bits per heavy atom. The fourth-order valence-corrected chi connectivity index (χ4v) is 4.66. The summed E-state index contributed by atoms with van der Waals surface area (Å²) in [5.74, 6) is -0.164. The Labute approximate surface area is 258 Å². The van der Waals surface area contributed by atoms with Gasteiger partial charge in [-0.05, 0) is 41.0 Å². The molecule has 4 aromatic rings. The lowest BCUT2D eigenvalue weighted by Crippen LogP contribution is -2.41. The second kappa shape index (κ2) is 14.9. The number of aromatic nitrogens is 1. The third-order valence-corrected chi connectivity index (χ3v) is 7.11. The van der Waals surface area contributed by atoms with Crippen molar-refractivity contribution in [1.82, 2.24) is 10.3 Å². The van der Waals surface area contributed by atoms with Crippen LogP contribution < -0.4 is 10.3 Å². The van der Waals surface area contributed by atoms with Crippen LogP contribution in [0, 0.1) is 0 Å². The second-order valence-electron chi connectivity index (χ2n) is 9.01. The van der Waals surface area contributed by atoms with Crippen molar-refractivity contribution in [3.63, 3.8) is 0 Å². The molecule has 1 heterocycles. The molecule has 0 fully saturated rings. The third kappa shape index (κ3) is 8.15. The van der Waals surface area contributed by atoms with E-state index >= 15 is 0 Å². The van der Waals surface area contributed by atoms with Gasteiger partial charge in [-0.1, -0.05) is 89.4 Å². The maximum absolute atomic E-state index is 13.2. The van der Waals surface area contributed by atoms with E-state index in [0.717, 1.165) is 11.1 Å². The Kier molecular flexibility index (Phi) is 11.1. The summed E-state index contributed by atoms with van der Waals surface area (Å²) in [7, 11) is 2.96. The van der Waals surface area contributed by atoms with Gasteiger partial charge in [0.05, 0.1) is 18.4 Å². The Morgan fingerprint density at radius 2 is 1.57 bits per heavy atom. The summed E-state index contributed by atoms with van der Waals surface area (Å²) in [4.78, 5) is 29.9. The SMILES string of the molecule is COC(CNC(=O)N(N=Cc1ccccc1)c1cc(Cl)c(Cc2ccc(C(=O)c3ccc(Cl)nc3)cc2)c(Cl)c1)OC. The fraction of sp³-hybridized carbons (Fsp3) is 0.161. The number of hydrogen-bond acceptors (Lipinski definition) is 6. The Hall–Kier alpha value is -3.79. The largest absolute Gasteiger partial charge is 0.354 e. The summed E-state index contributed by atoms with van der Waals surface area (Å²) in [5, 5.41) is 9.33. The van der Waals surface area contributed by atoms with Gasteiger partial charge in [0.2, 0.25) is 0 Å². The molecule has 0 saturated carbocycles. The summed E-state index contributed by atoms with van der Waals surface area (Å²) in [6, 6.07) is 22.4. The highest BCUT2D eigenvalue weighted by molar-refractivity contribution is 6.36. The van der Waals surface area contributed by atoms with Gasteiger partial charge in [-0.25, -0.2) is 9.78 Å². The molecular weight excluding hydrogens is 599 g/mol. The lowest BCUT2D eigenvalue weighted by molar-refractivity contribution is -0.0970. The number of nitrogens with zero attached hydrogens (tertiary/aromatic N) is 3. The van der Waals surface area contributed by atoms with Gasteiger partial charge in [-0.15, -0.1) is 0 Å². The van der Waals surface area contributed by atoms with Gasteiger partial charge in [-0.2, -0.15) is 10.1 Å². The highest BCUT2D eigenvalue weighted by Gasteiger charge is 2.20. The molecule has 42 heavy (non-hydrogen) atoms. The number of amides is 2. The molecule has 4 rings (SSSR count). The summed E-state index contributed by atoms with van der Waals surface area (Å²) in [6.07, 6.45) is 2.77. The zero-order valence-electron chi connectivity index (χ0n) is 22.8. The predicted octanol–water partition coefficient (Wildman–Crippen LogP) is 7.03. The van der Waals surface area contributed by atoms with Crippen molar-refractivity contribution in [2.24, 2.45) is 5.10 Å². The van der Waals surface area contributed by atoms with Crippen molar-refractivity contribution < 1.29 is 19.1 Å². The van der Waals surface area contributed by atoms with Crippen LogP contribution >= 0.6 is 34.8 Å². The molecule has 216 valence electrons. The van der Waals surface area contributed by atoms with Gasteiger partial charge in [0.1, 0.15) is 5.15 Å². The van der Waals surface area contributed by atoms with Gasteiger partial charge < -0.3 is 14.8 Å². The number of rotatable bonds is 11. The van der Waals surface area contributed by atoms with Crippen LogP contribution in [0.2, 0.25) is 15.2 Å². The van der Waals surface area contributed by atoms with E-state index in [9.17, 15) is 9.59 Å². The number of hydrazone groups is 1. The van der Waals surface area contributed by atoms with E-state index in [1.54, 1.807) is 42.6 Å². The minimum Gasteiger partial charge on any atom is -0.354 e. The molecule has 1 N–H and O–H groups in total. The molecule has 3 aromatic carbocycles. The number of nitrogens with one attached hydrogen (secondary N) is 1. The van der Waals surface area contributed by atoms with E-state index in [1.807, 2.05) is 42.5 Å². The van der Waals surface area contributed by atoms with Crippen molar-refractivity contribution >= 4 is 58.5 Å². The average Bonchev–Trinajstić information content (AvgIpc) is 3.00. The van der Waals surface area contributed by atoms with Gasteiger partial charge in [0.25, 0.3) is 0 Å². The molecule has 8 nitrogen and oxygen atoms in total. The standard InChI is InChI=1S/C31H27Cl3N4O4/c1-41-29(42-2)19-36-31(40)38(37-17-21-6-4-3-5-7-21)24-15-26(32)25(27(33)16-24)14-20-8-10-22(11-9-20)30(39)23-12-13-28(34)35-18-23/h3-13,15-18,29H,14,19H2,1-2H3,(H,36,40). The average molecular weight is 626 g/mol. The van der Waals surface area contributed by atoms with Crippen molar-refractivity contribution in [2.45, 2.75) is 12.7 Å². The lowest BCUT2D eigenvalue weighted by Gasteiger charge is -2.21. The summed E-state index contributed by atoms with van der Waals surface area (Å²) >= 11 is 19.2. The van der Waals surface area contributed by atoms with Crippen molar-refractivity contribution in [1.29, 1.82) is 0 Å². The van der Waals surface area contributed by atoms with Crippen LogP contribution in [0.4, 0.5) is 10.5 Å². The van der Waals surface area contributed by atoms with E-state index in [-0.39, 0.29) is 12.3 Å². The van der Waals surface area contributed by atoms with Crippen molar-refractivity contribution in [3.8, 4) is 0 Å². The topological polar surface area (TPSA) is 93.1 Å². The molecule has 2 amide bonds. The molecule has 0 unspecified atom stereocenters. The van der Waals surface area contributed by atoms with E-state index in [1.165, 1.54) is 25.4 Å². The minimum absolute atomic E-state index is 0.0930. The third-order valence-electron chi connectivity index (χ3n) is 6.22. The fourth-order valence-electron chi connectivity index (χ4n) is 3.94. The molecule has 0 radical (unpaired) electrons. The number of urea groups is 1. The number of pyridine rings is 1. The van der Waals surface area contributed by atoms with Crippen LogP contribution in [-0.2, 0) is 15.9 Å². The highest BCUT2D eigenvalue weighted by atomic mass is 35.5. The molecule has 0 spiro atoms. The monoisotopic (exact) mass is 624 g/mol. The first-order valence-electron chi connectivity index (χ1n) is 12.7. The smallest absolute Gasteiger partial charge is 0.342 e. The maximum atomic E-state index is 13.2. The van der Waals surface area contributed by atoms with Crippen LogP contribution in [0.5, 0.6) is 0 Å². The summed E-state index contributed by atoms with van der Waals surface area (Å²) < 4.78 is 10.3. The number of carbonyl (C=O) groups excluding carboxylic acids is 2. The lowest BCUT2D eigenvalue weighted by atomic mass is 10.00. The van der Waals surface area contributed by atoms with Gasteiger partial charge in [-0.3, -0.25) is 4.79 Å². The highest BCUT2D eigenvalue weighted by Crippen LogP contribution is 2.33. The van der Waals surface area contributed by atoms with Crippen molar-refractivity contribution in [2.75, 3.05) is 25.8 Å². The van der Waals surface area contributed by atoms with Crippen LogP contribution in [0.3, 0.4) is 0 Å². The second-order valence-corrected chi connectivity index (χ2v) is 10.2. The van der Waals surface area contributed by atoms with E-state index < -0.39 is 12.3 Å². The Morgan fingerprint density at radius 1 is 0.929 bits per heavy atom. The molecule has 0 bridgehead atoms. The number of ether oxygens (including phenoxy) is 2. The van der Waals surface area contributed by atoms with Crippen molar-refractivity contribution in [3.05, 3.63) is 128 Å². The van der Waals surface area contributed by atoms with Crippen LogP contribution in [-0.4, -0.2) is 50.1 Å². The summed E-state index contributed by atoms with van der Waals surface area (Å²) in [6.45, 7) is 0.0930. The normalized spacial score (nSPS) is 11.2. The predicted molar refractivity (Wildman–Crippen MR) is 166 cm³/mol. The maximum Gasteiger partial charge on any atom is 0.342 e. The Balaban J connectivity index is 1.55. The van der Waals surface area contributed by atoms with Gasteiger partial charge in [0, 0.05) is 48.0 Å². The number of ketones is 1. The van der Waals surface area contributed by atoms with Crippen LogP contribution in [0.1, 0.15) is 32.6 Å². The molecular formula is C31H27Cl3N4O4.